The number of aromatic nitrogens is 2. The van der Waals surface area contributed by atoms with Crippen LogP contribution in [0.4, 0.5) is 14.6 Å². The van der Waals surface area contributed by atoms with Gasteiger partial charge in [-0.1, -0.05) is 20.3 Å². The van der Waals surface area contributed by atoms with Crippen LogP contribution in [0.25, 0.3) is 0 Å². The number of nitrogens with one attached hydrogen (secondary N) is 1. The third-order valence-electron chi connectivity index (χ3n) is 4.65. The first-order chi connectivity index (χ1) is 14.8. The Kier molecular flexibility index (Phi) is 8.60. The number of phosphoric ester groups is 1. The molecule has 180 valence electrons. The summed E-state index contributed by atoms with van der Waals surface area (Å²) >= 11 is 0. The third-order valence-corrected chi connectivity index (χ3v) is 5.14. The van der Waals surface area contributed by atoms with Crippen molar-refractivity contribution in [3.63, 3.8) is 0 Å². The average molecular weight is 483 g/mol. The molecule has 0 bridgehead atoms. The number of rotatable bonds is 10. The predicted octanol–water partition coefficient (Wildman–Crippen LogP) is 1.19. The Labute approximate surface area is 181 Å². The monoisotopic (exact) mass is 483 g/mol. The molecule has 0 spiro atoms. The minimum Gasteiger partial charge on any atom is -0.456 e. The molecule has 2 heterocycles. The van der Waals surface area contributed by atoms with Gasteiger partial charge in [-0.25, -0.2) is 18.1 Å². The van der Waals surface area contributed by atoms with E-state index >= 15 is 0 Å². The second kappa shape index (κ2) is 10.6. The molecule has 1 aromatic rings. The summed E-state index contributed by atoms with van der Waals surface area (Å²) in [6, 6.07) is 1.07. The number of unbranched alkanes of at least 4 members (excludes halogenated alkanes) is 1. The van der Waals surface area contributed by atoms with E-state index in [0.717, 1.165) is 25.6 Å². The van der Waals surface area contributed by atoms with E-state index in [0.29, 0.717) is 11.0 Å². The van der Waals surface area contributed by atoms with Gasteiger partial charge in [0.05, 0.1) is 18.6 Å². The minimum absolute atomic E-state index is 0.159. The first-order valence-electron chi connectivity index (χ1n) is 9.63. The van der Waals surface area contributed by atoms with Crippen molar-refractivity contribution < 1.29 is 46.7 Å². The molecule has 0 aliphatic carbocycles. The highest BCUT2D eigenvalue weighted by atomic mass is 31.2. The van der Waals surface area contributed by atoms with Crippen molar-refractivity contribution in [2.24, 2.45) is 5.92 Å². The fourth-order valence-corrected chi connectivity index (χ4v) is 3.17. The highest BCUT2D eigenvalue weighted by Crippen LogP contribution is 2.47. The summed E-state index contributed by atoms with van der Waals surface area (Å²) in [6.07, 6.45) is -1.04. The molecule has 2 rings (SSSR count). The number of nitrogens with zero attached hydrogens (tertiary/aromatic N) is 2. The zero-order valence-corrected chi connectivity index (χ0v) is 18.2. The van der Waals surface area contributed by atoms with Crippen LogP contribution in [0.1, 0.15) is 39.3 Å². The van der Waals surface area contributed by atoms with Gasteiger partial charge in [0, 0.05) is 12.6 Å². The van der Waals surface area contributed by atoms with E-state index in [-0.39, 0.29) is 12.2 Å². The van der Waals surface area contributed by atoms with Crippen LogP contribution in [0.2, 0.25) is 0 Å². The quantitative estimate of drug-likeness (QED) is 0.325. The topological polar surface area (TPSA) is 166 Å². The summed E-state index contributed by atoms with van der Waals surface area (Å²) in [7, 11) is -4.90. The van der Waals surface area contributed by atoms with Crippen molar-refractivity contribution in [1.82, 2.24) is 9.55 Å². The molecule has 32 heavy (non-hydrogen) atoms. The predicted molar refractivity (Wildman–Crippen MR) is 104 cm³/mol. The lowest BCUT2D eigenvalue weighted by Crippen LogP contribution is -2.38. The highest BCUT2D eigenvalue weighted by molar-refractivity contribution is 7.46. The molecule has 1 aromatic heterocycles. The number of halogens is 2. The number of carbonyl (C=O) groups excluding carboxylic acids is 2. The molecule has 12 nitrogen and oxygen atoms in total. The van der Waals surface area contributed by atoms with Gasteiger partial charge in [-0.15, -0.1) is 0 Å². The molecule has 1 saturated heterocycles. The number of anilines is 1. The molecule has 0 saturated carbocycles. The molecule has 3 atom stereocenters. The summed E-state index contributed by atoms with van der Waals surface area (Å²) in [5.41, 5.74) is -1.17. The van der Waals surface area contributed by atoms with E-state index in [2.05, 4.69) is 14.8 Å². The second-order valence-corrected chi connectivity index (χ2v) is 8.33. The number of ether oxygens (including phenoxy) is 2. The van der Waals surface area contributed by atoms with Crippen LogP contribution < -0.4 is 11.0 Å². The average Bonchev–Trinajstić information content (AvgIpc) is 2.92. The second-order valence-electron chi connectivity index (χ2n) is 7.09. The fraction of sp³-hybridized carbons (Fsp3) is 0.647. The molecular formula is C17H24F2N3O9P. The van der Waals surface area contributed by atoms with E-state index in [4.69, 9.17) is 19.3 Å². The summed E-state index contributed by atoms with van der Waals surface area (Å²) in [5.74, 6) is -6.71. The minimum atomic E-state index is -4.90. The lowest BCUT2D eigenvalue weighted by Gasteiger charge is -2.21. The third kappa shape index (κ3) is 6.87. The first-order valence-corrected chi connectivity index (χ1v) is 11.2. The molecule has 0 radical (unpaired) electrons. The SMILES string of the molecule is CCCCC(=O)OCC(=O)Nc1ccn(C2OC(COP(=O)(O)O)C(C)C2(F)F)c(=O)n1. The van der Waals surface area contributed by atoms with E-state index in [1.807, 2.05) is 6.92 Å². The maximum absolute atomic E-state index is 14.6. The van der Waals surface area contributed by atoms with Crippen molar-refractivity contribution in [3.05, 3.63) is 22.7 Å². The van der Waals surface area contributed by atoms with Crippen molar-refractivity contribution >= 4 is 25.5 Å². The van der Waals surface area contributed by atoms with Crippen LogP contribution in [0.15, 0.2) is 17.1 Å². The summed E-state index contributed by atoms with van der Waals surface area (Å²) in [4.78, 5) is 56.5. The molecule has 3 unspecified atom stereocenters. The zero-order chi connectivity index (χ0) is 24.1. The Bertz CT molecular complexity index is 936. The van der Waals surface area contributed by atoms with Crippen LogP contribution in [0.5, 0.6) is 0 Å². The van der Waals surface area contributed by atoms with Crippen LogP contribution in [0, 0.1) is 5.92 Å². The smallest absolute Gasteiger partial charge is 0.456 e. The zero-order valence-electron chi connectivity index (χ0n) is 17.3. The van der Waals surface area contributed by atoms with Crippen LogP contribution in [0.3, 0.4) is 0 Å². The lowest BCUT2D eigenvalue weighted by atomic mass is 10.00. The number of carbonyl (C=O) groups is 2. The molecule has 1 aliphatic heterocycles. The molecule has 3 N–H and O–H groups in total. The Morgan fingerprint density at radius 2 is 2.09 bits per heavy atom. The molecule has 1 aliphatic rings. The maximum Gasteiger partial charge on any atom is 0.469 e. The first kappa shape index (κ1) is 26.0. The van der Waals surface area contributed by atoms with E-state index in [9.17, 15) is 27.7 Å². The standard InChI is InChI=1S/C17H24F2N3O9P/c1-3-4-5-14(24)29-9-13(23)20-12-6-7-22(16(25)21-12)15-17(18,19)10(2)11(31-15)8-30-32(26,27)28/h6-7,10-11,15H,3-5,8-9H2,1-2H3,(H2,26,27,28)(H,20,21,23,25). The number of amides is 1. The largest absolute Gasteiger partial charge is 0.469 e. The van der Waals surface area contributed by atoms with Gasteiger partial charge in [0.1, 0.15) is 5.82 Å². The number of esters is 1. The molecular weight excluding hydrogens is 459 g/mol. The van der Waals surface area contributed by atoms with Crippen molar-refractivity contribution in [2.75, 3.05) is 18.5 Å². The van der Waals surface area contributed by atoms with Crippen molar-refractivity contribution in [3.8, 4) is 0 Å². The molecule has 0 aromatic carbocycles. The van der Waals surface area contributed by atoms with Gasteiger partial charge in [0.2, 0.25) is 6.23 Å². The Morgan fingerprint density at radius 1 is 1.41 bits per heavy atom. The Balaban J connectivity index is 2.04. The Morgan fingerprint density at radius 3 is 2.69 bits per heavy atom. The summed E-state index contributed by atoms with van der Waals surface area (Å²) < 4.78 is 54.7. The van der Waals surface area contributed by atoms with Gasteiger partial charge in [-0.05, 0) is 12.5 Å². The van der Waals surface area contributed by atoms with Crippen LogP contribution >= 0.6 is 7.82 Å². The van der Waals surface area contributed by atoms with Crippen LogP contribution in [-0.4, -0.2) is 56.5 Å². The van der Waals surface area contributed by atoms with Gasteiger partial charge in [-0.3, -0.25) is 18.7 Å². The number of phosphoric acid groups is 1. The summed E-state index contributed by atoms with van der Waals surface area (Å²) in [6.45, 7) is 1.56. The Hall–Kier alpha value is -2.25. The van der Waals surface area contributed by atoms with Gasteiger partial charge in [0.15, 0.2) is 6.61 Å². The normalized spacial score (nSPS) is 22.5. The fourth-order valence-electron chi connectivity index (χ4n) is 2.83. The van der Waals surface area contributed by atoms with Crippen molar-refractivity contribution in [2.45, 2.75) is 51.4 Å². The van der Waals surface area contributed by atoms with E-state index in [1.165, 1.54) is 0 Å². The highest BCUT2D eigenvalue weighted by Gasteiger charge is 2.58. The van der Waals surface area contributed by atoms with Gasteiger partial charge < -0.3 is 24.6 Å². The van der Waals surface area contributed by atoms with Gasteiger partial charge >= 0.3 is 19.5 Å². The number of hydrogen-bond acceptors (Lipinski definition) is 8. The summed E-state index contributed by atoms with van der Waals surface area (Å²) in [5, 5.41) is 2.21. The van der Waals surface area contributed by atoms with Crippen LogP contribution in [-0.2, 0) is 28.2 Å². The van der Waals surface area contributed by atoms with Gasteiger partial charge in [-0.2, -0.15) is 4.98 Å². The van der Waals surface area contributed by atoms with E-state index in [1.54, 1.807) is 0 Å². The van der Waals surface area contributed by atoms with Gasteiger partial charge in [0.25, 0.3) is 11.8 Å². The molecule has 1 fully saturated rings. The molecule has 1 amide bonds. The number of hydrogen-bond donors (Lipinski definition) is 3. The lowest BCUT2D eigenvalue weighted by molar-refractivity contribution is -0.147. The number of alkyl halides is 2. The van der Waals surface area contributed by atoms with E-state index < -0.39 is 62.8 Å². The maximum atomic E-state index is 14.6. The molecule has 15 heteroatoms. The van der Waals surface area contributed by atoms with Crippen molar-refractivity contribution in [1.29, 1.82) is 0 Å².